The molecule has 1 fully saturated rings. The van der Waals surface area contributed by atoms with Crippen LogP contribution in [0.5, 0.6) is 11.5 Å². The lowest BCUT2D eigenvalue weighted by molar-refractivity contribution is -0.127. The Morgan fingerprint density at radius 1 is 1.13 bits per heavy atom. The summed E-state index contributed by atoms with van der Waals surface area (Å²) < 4.78 is 26.1. The molecular formula is C27H21ClFIN2O5S. The maximum atomic E-state index is 13.4. The van der Waals surface area contributed by atoms with Crippen molar-refractivity contribution in [2.24, 2.45) is 0 Å². The maximum absolute atomic E-state index is 13.4. The summed E-state index contributed by atoms with van der Waals surface area (Å²) in [7, 11) is 0. The predicted octanol–water partition coefficient (Wildman–Crippen LogP) is 6.74. The zero-order valence-corrected chi connectivity index (χ0v) is 23.7. The van der Waals surface area contributed by atoms with Crippen LogP contribution < -0.4 is 14.8 Å². The molecule has 1 aliphatic heterocycles. The van der Waals surface area contributed by atoms with E-state index in [2.05, 4.69) is 27.9 Å². The first-order valence-electron chi connectivity index (χ1n) is 11.4. The van der Waals surface area contributed by atoms with Gasteiger partial charge in [-0.05, 0) is 101 Å². The first-order valence-corrected chi connectivity index (χ1v) is 13.6. The standard InChI is InChI=1S/C27H21ClFIN2O5S/c1-2-36-22-11-17(10-21(28)25(22)37-15-16-6-8-19(30)9-7-16)12-23-26(34)32(27(35)38-23)14-24(33)31-20-5-3-4-18(29)13-20/h3-13H,2,14-15H2,1H3,(H,31,33)/b23-12+. The van der Waals surface area contributed by atoms with Crippen LogP contribution in [0.4, 0.5) is 14.9 Å². The van der Waals surface area contributed by atoms with E-state index in [-0.39, 0.29) is 22.2 Å². The van der Waals surface area contributed by atoms with Crippen molar-refractivity contribution < 1.29 is 28.2 Å². The van der Waals surface area contributed by atoms with Gasteiger partial charge in [0.2, 0.25) is 5.91 Å². The van der Waals surface area contributed by atoms with Crippen molar-refractivity contribution in [1.29, 1.82) is 0 Å². The van der Waals surface area contributed by atoms with Crippen molar-refractivity contribution in [2.45, 2.75) is 13.5 Å². The topological polar surface area (TPSA) is 84.9 Å². The molecule has 0 saturated carbocycles. The number of benzene rings is 3. The van der Waals surface area contributed by atoms with Gasteiger partial charge in [-0.3, -0.25) is 19.3 Å². The first kappa shape index (κ1) is 27.9. The number of hydrogen-bond acceptors (Lipinski definition) is 6. The molecule has 11 heteroatoms. The summed E-state index contributed by atoms with van der Waals surface area (Å²) in [6, 6.07) is 16.5. The average molecular weight is 667 g/mol. The van der Waals surface area contributed by atoms with Crippen LogP contribution in [0.3, 0.4) is 0 Å². The molecule has 0 unspecified atom stereocenters. The van der Waals surface area contributed by atoms with E-state index in [4.69, 9.17) is 21.1 Å². The molecule has 7 nitrogen and oxygen atoms in total. The Labute approximate surface area is 241 Å². The number of rotatable bonds is 9. The smallest absolute Gasteiger partial charge is 0.294 e. The van der Waals surface area contributed by atoms with Crippen LogP contribution in [-0.2, 0) is 16.2 Å². The largest absolute Gasteiger partial charge is 0.490 e. The van der Waals surface area contributed by atoms with Crippen LogP contribution in [0.25, 0.3) is 6.08 Å². The van der Waals surface area contributed by atoms with Crippen LogP contribution in [-0.4, -0.2) is 35.1 Å². The van der Waals surface area contributed by atoms with Gasteiger partial charge in [0, 0.05) is 9.26 Å². The van der Waals surface area contributed by atoms with Gasteiger partial charge in [-0.1, -0.05) is 29.8 Å². The number of anilines is 1. The Balaban J connectivity index is 1.48. The lowest BCUT2D eigenvalue weighted by Crippen LogP contribution is -2.36. The van der Waals surface area contributed by atoms with Crippen molar-refractivity contribution >= 4 is 74.8 Å². The molecule has 1 heterocycles. The fourth-order valence-electron chi connectivity index (χ4n) is 3.51. The third-order valence-electron chi connectivity index (χ3n) is 5.21. The van der Waals surface area contributed by atoms with Gasteiger partial charge in [0.1, 0.15) is 19.0 Å². The number of carbonyl (C=O) groups excluding carboxylic acids is 3. The van der Waals surface area contributed by atoms with E-state index in [0.717, 1.165) is 20.1 Å². The molecule has 1 N–H and O–H groups in total. The monoisotopic (exact) mass is 666 g/mol. The number of ether oxygens (including phenoxy) is 2. The highest BCUT2D eigenvalue weighted by Gasteiger charge is 2.36. The second kappa shape index (κ2) is 12.6. The molecule has 3 aromatic rings. The van der Waals surface area contributed by atoms with Crippen LogP contribution in [0.15, 0.2) is 65.6 Å². The summed E-state index contributed by atoms with van der Waals surface area (Å²) in [4.78, 5) is 38.7. The van der Waals surface area contributed by atoms with Gasteiger partial charge in [0.15, 0.2) is 11.5 Å². The molecule has 4 rings (SSSR count). The van der Waals surface area contributed by atoms with Gasteiger partial charge in [0.25, 0.3) is 11.1 Å². The van der Waals surface area contributed by atoms with Gasteiger partial charge < -0.3 is 14.8 Å². The molecule has 0 aliphatic carbocycles. The molecule has 0 atom stereocenters. The average Bonchev–Trinajstić information content (AvgIpc) is 3.12. The molecule has 1 aliphatic rings. The highest BCUT2D eigenvalue weighted by Crippen LogP contribution is 2.39. The second-order valence-electron chi connectivity index (χ2n) is 8.00. The molecule has 3 amide bonds. The highest BCUT2D eigenvalue weighted by molar-refractivity contribution is 14.1. The number of halogens is 3. The number of nitrogens with one attached hydrogen (secondary N) is 1. The second-order valence-corrected chi connectivity index (χ2v) is 10.7. The molecule has 3 aromatic carbocycles. The quantitative estimate of drug-likeness (QED) is 0.201. The molecule has 196 valence electrons. The lowest BCUT2D eigenvalue weighted by Gasteiger charge is -2.15. The van der Waals surface area contributed by atoms with E-state index in [1.54, 1.807) is 12.1 Å². The Kier molecular flexibility index (Phi) is 9.29. The molecule has 0 aromatic heterocycles. The van der Waals surface area contributed by atoms with Crippen molar-refractivity contribution in [3.05, 3.63) is 91.1 Å². The first-order chi connectivity index (χ1) is 18.2. The molecule has 0 bridgehead atoms. The zero-order valence-electron chi connectivity index (χ0n) is 20.0. The van der Waals surface area contributed by atoms with Crippen LogP contribution in [0, 0.1) is 9.39 Å². The summed E-state index contributed by atoms with van der Waals surface area (Å²) in [6.07, 6.45) is 1.51. The maximum Gasteiger partial charge on any atom is 0.294 e. The third kappa shape index (κ3) is 7.06. The number of carbonyl (C=O) groups is 3. The number of thioether (sulfide) groups is 1. The Morgan fingerprint density at radius 3 is 2.61 bits per heavy atom. The Bertz CT molecular complexity index is 1420. The van der Waals surface area contributed by atoms with Crippen molar-refractivity contribution in [1.82, 2.24) is 4.90 Å². The van der Waals surface area contributed by atoms with Gasteiger partial charge in [0.05, 0.1) is 16.5 Å². The summed E-state index contributed by atoms with van der Waals surface area (Å²) in [5.41, 5.74) is 1.71. The number of hydrogen-bond donors (Lipinski definition) is 1. The number of imide groups is 1. The molecule has 0 radical (unpaired) electrons. The minimum atomic E-state index is -0.629. The summed E-state index contributed by atoms with van der Waals surface area (Å²) in [6.45, 7) is 1.96. The fourth-order valence-corrected chi connectivity index (χ4v) is 4.98. The van der Waals surface area contributed by atoms with E-state index in [1.165, 1.54) is 24.3 Å². The van der Waals surface area contributed by atoms with E-state index < -0.39 is 29.4 Å². The summed E-state index contributed by atoms with van der Waals surface area (Å²) in [5.74, 6) is -1.01. The SMILES string of the molecule is CCOc1cc(/C=C2/SC(=O)N(CC(=O)Nc3cccc(F)c3)C2=O)cc(Cl)c1OCc1ccc(I)cc1. The number of amides is 3. The van der Waals surface area contributed by atoms with Gasteiger partial charge in [-0.2, -0.15) is 0 Å². The lowest BCUT2D eigenvalue weighted by atomic mass is 10.1. The van der Waals surface area contributed by atoms with E-state index in [1.807, 2.05) is 31.2 Å². The van der Waals surface area contributed by atoms with Crippen molar-refractivity contribution in [3.8, 4) is 11.5 Å². The summed E-state index contributed by atoms with van der Waals surface area (Å²) >= 11 is 9.45. The van der Waals surface area contributed by atoms with Crippen LogP contribution >= 0.6 is 46.0 Å². The minimum absolute atomic E-state index is 0.125. The van der Waals surface area contributed by atoms with Gasteiger partial charge in [-0.15, -0.1) is 0 Å². The van der Waals surface area contributed by atoms with Crippen molar-refractivity contribution in [3.63, 3.8) is 0 Å². The van der Waals surface area contributed by atoms with Crippen LogP contribution in [0.2, 0.25) is 5.02 Å². The fraction of sp³-hybridized carbons (Fsp3) is 0.148. The van der Waals surface area contributed by atoms with E-state index in [9.17, 15) is 18.8 Å². The van der Waals surface area contributed by atoms with E-state index >= 15 is 0 Å². The minimum Gasteiger partial charge on any atom is -0.490 e. The predicted molar refractivity (Wildman–Crippen MR) is 154 cm³/mol. The molecule has 0 spiro atoms. The van der Waals surface area contributed by atoms with E-state index in [0.29, 0.717) is 35.4 Å². The summed E-state index contributed by atoms with van der Waals surface area (Å²) in [5, 5.41) is 2.16. The van der Waals surface area contributed by atoms with Gasteiger partial charge >= 0.3 is 0 Å². The Morgan fingerprint density at radius 2 is 1.89 bits per heavy atom. The zero-order chi connectivity index (χ0) is 27.2. The third-order valence-corrected chi connectivity index (χ3v) is 7.12. The molecule has 38 heavy (non-hydrogen) atoms. The molecule has 1 saturated heterocycles. The molecular weight excluding hydrogens is 646 g/mol. The normalized spacial score (nSPS) is 14.2. The van der Waals surface area contributed by atoms with Crippen LogP contribution in [0.1, 0.15) is 18.1 Å². The number of nitrogens with zero attached hydrogens (tertiary/aromatic N) is 1. The van der Waals surface area contributed by atoms with Gasteiger partial charge in [-0.25, -0.2) is 4.39 Å². The highest BCUT2D eigenvalue weighted by atomic mass is 127. The van der Waals surface area contributed by atoms with Crippen molar-refractivity contribution in [2.75, 3.05) is 18.5 Å². The Hall–Kier alpha value is -3.09.